The SMILES string of the molecule is Nc1ccc(C(=O)Nc2ccc3c(c2)OCCO3)nn1. The van der Waals surface area contributed by atoms with Crippen molar-refractivity contribution in [1.29, 1.82) is 0 Å². The fourth-order valence-corrected chi connectivity index (χ4v) is 1.78. The molecule has 0 atom stereocenters. The minimum absolute atomic E-state index is 0.189. The highest BCUT2D eigenvalue weighted by Crippen LogP contribution is 2.32. The molecule has 2 heterocycles. The van der Waals surface area contributed by atoms with Gasteiger partial charge in [0.1, 0.15) is 19.0 Å². The second-order valence-corrected chi connectivity index (χ2v) is 4.16. The molecule has 3 N–H and O–H groups in total. The summed E-state index contributed by atoms with van der Waals surface area (Å²) in [5, 5.41) is 10.1. The summed E-state index contributed by atoms with van der Waals surface area (Å²) < 4.78 is 10.9. The first kappa shape index (κ1) is 12.2. The van der Waals surface area contributed by atoms with E-state index in [1.807, 2.05) is 0 Å². The van der Waals surface area contributed by atoms with Crippen molar-refractivity contribution in [2.24, 2.45) is 0 Å². The number of hydrogen-bond acceptors (Lipinski definition) is 6. The van der Waals surface area contributed by atoms with Crippen molar-refractivity contribution in [2.75, 3.05) is 24.3 Å². The first-order valence-corrected chi connectivity index (χ1v) is 6.02. The highest BCUT2D eigenvalue weighted by molar-refractivity contribution is 6.02. The molecule has 0 saturated heterocycles. The third-order valence-electron chi connectivity index (χ3n) is 2.72. The molecule has 102 valence electrons. The van der Waals surface area contributed by atoms with E-state index in [-0.39, 0.29) is 17.4 Å². The third-order valence-corrected chi connectivity index (χ3v) is 2.72. The highest BCUT2D eigenvalue weighted by Gasteiger charge is 2.14. The molecule has 2 aromatic rings. The molecule has 0 bridgehead atoms. The van der Waals surface area contributed by atoms with Crippen LogP contribution in [0.25, 0.3) is 0 Å². The van der Waals surface area contributed by atoms with Gasteiger partial charge in [0.2, 0.25) is 0 Å². The summed E-state index contributed by atoms with van der Waals surface area (Å²) in [5.41, 5.74) is 6.20. The van der Waals surface area contributed by atoms with Gasteiger partial charge in [0, 0.05) is 11.8 Å². The molecule has 0 radical (unpaired) electrons. The Bertz CT molecular complexity index is 643. The Hall–Kier alpha value is -2.83. The number of nitrogens with zero attached hydrogens (tertiary/aromatic N) is 2. The zero-order valence-corrected chi connectivity index (χ0v) is 10.5. The number of nitrogen functional groups attached to an aromatic ring is 1. The predicted octanol–water partition coefficient (Wildman–Crippen LogP) is 1.08. The van der Waals surface area contributed by atoms with Gasteiger partial charge in [0.15, 0.2) is 17.2 Å². The van der Waals surface area contributed by atoms with Crippen LogP contribution < -0.4 is 20.5 Å². The summed E-state index contributed by atoms with van der Waals surface area (Å²) in [6, 6.07) is 8.22. The standard InChI is InChI=1S/C13H12N4O3/c14-12-4-2-9(16-17-12)13(18)15-8-1-3-10-11(7-8)20-6-5-19-10/h1-4,7H,5-6H2,(H2,14,17)(H,15,18). The summed E-state index contributed by atoms with van der Waals surface area (Å²) in [6.07, 6.45) is 0. The van der Waals surface area contributed by atoms with Crippen molar-refractivity contribution in [3.8, 4) is 11.5 Å². The van der Waals surface area contributed by atoms with E-state index >= 15 is 0 Å². The number of fused-ring (bicyclic) bond motifs is 1. The Labute approximate surface area is 114 Å². The molecule has 0 spiro atoms. The molecule has 7 heteroatoms. The molecule has 20 heavy (non-hydrogen) atoms. The van der Waals surface area contributed by atoms with Crippen LogP contribution in [-0.4, -0.2) is 29.3 Å². The minimum Gasteiger partial charge on any atom is -0.486 e. The first-order valence-electron chi connectivity index (χ1n) is 6.02. The van der Waals surface area contributed by atoms with Crippen LogP contribution in [0.1, 0.15) is 10.5 Å². The number of benzene rings is 1. The van der Waals surface area contributed by atoms with Crippen molar-refractivity contribution >= 4 is 17.4 Å². The van der Waals surface area contributed by atoms with Crippen LogP contribution in [0.4, 0.5) is 11.5 Å². The number of amides is 1. The van der Waals surface area contributed by atoms with E-state index in [4.69, 9.17) is 15.2 Å². The van der Waals surface area contributed by atoms with Crippen molar-refractivity contribution < 1.29 is 14.3 Å². The maximum Gasteiger partial charge on any atom is 0.276 e. The first-order chi connectivity index (χ1) is 9.72. The van der Waals surface area contributed by atoms with Crippen LogP contribution >= 0.6 is 0 Å². The van der Waals surface area contributed by atoms with Crippen LogP contribution in [0.3, 0.4) is 0 Å². The molecule has 1 aromatic carbocycles. The van der Waals surface area contributed by atoms with Crippen LogP contribution in [0.15, 0.2) is 30.3 Å². The van der Waals surface area contributed by atoms with Crippen LogP contribution in [0, 0.1) is 0 Å². The molecule has 0 unspecified atom stereocenters. The van der Waals surface area contributed by atoms with Gasteiger partial charge in [-0.25, -0.2) is 0 Å². The van der Waals surface area contributed by atoms with Crippen molar-refractivity contribution in [3.63, 3.8) is 0 Å². The second-order valence-electron chi connectivity index (χ2n) is 4.16. The van der Waals surface area contributed by atoms with Crippen LogP contribution in [0.5, 0.6) is 11.5 Å². The maximum atomic E-state index is 12.0. The van der Waals surface area contributed by atoms with E-state index in [9.17, 15) is 4.79 Å². The maximum absolute atomic E-state index is 12.0. The van der Waals surface area contributed by atoms with Crippen LogP contribution in [0.2, 0.25) is 0 Å². The molecule has 1 aliphatic heterocycles. The molecular formula is C13H12N4O3. The lowest BCUT2D eigenvalue weighted by molar-refractivity contribution is 0.102. The molecular weight excluding hydrogens is 260 g/mol. The summed E-state index contributed by atoms with van der Waals surface area (Å²) >= 11 is 0. The molecule has 0 fully saturated rings. The lowest BCUT2D eigenvalue weighted by Gasteiger charge is -2.18. The minimum atomic E-state index is -0.367. The number of anilines is 2. The van der Waals surface area contributed by atoms with E-state index in [1.165, 1.54) is 12.1 Å². The topological polar surface area (TPSA) is 99.4 Å². The Kier molecular flexibility index (Phi) is 3.08. The number of nitrogens with one attached hydrogen (secondary N) is 1. The molecule has 3 rings (SSSR count). The van der Waals surface area contributed by atoms with Gasteiger partial charge < -0.3 is 20.5 Å². The van der Waals surface area contributed by atoms with Gasteiger partial charge in [-0.05, 0) is 24.3 Å². The number of hydrogen-bond donors (Lipinski definition) is 2. The third kappa shape index (κ3) is 2.46. The summed E-state index contributed by atoms with van der Waals surface area (Å²) in [7, 11) is 0. The number of carbonyl (C=O) groups is 1. The molecule has 1 aliphatic rings. The van der Waals surface area contributed by atoms with Gasteiger partial charge in [0.25, 0.3) is 5.91 Å². The lowest BCUT2D eigenvalue weighted by atomic mass is 10.2. The van der Waals surface area contributed by atoms with E-state index in [0.717, 1.165) is 0 Å². The van der Waals surface area contributed by atoms with Crippen LogP contribution in [-0.2, 0) is 0 Å². The average Bonchev–Trinajstić information content (AvgIpc) is 2.48. The molecule has 7 nitrogen and oxygen atoms in total. The van der Waals surface area contributed by atoms with Crippen molar-refractivity contribution in [1.82, 2.24) is 10.2 Å². The fourth-order valence-electron chi connectivity index (χ4n) is 1.78. The highest BCUT2D eigenvalue weighted by atomic mass is 16.6. The van der Waals surface area contributed by atoms with Crippen molar-refractivity contribution in [3.05, 3.63) is 36.0 Å². The number of aromatic nitrogens is 2. The molecule has 0 saturated carbocycles. The molecule has 0 aliphatic carbocycles. The van der Waals surface area contributed by atoms with Gasteiger partial charge in [0.05, 0.1) is 0 Å². The number of carbonyl (C=O) groups excluding carboxylic acids is 1. The van der Waals surface area contributed by atoms with Gasteiger partial charge in [-0.3, -0.25) is 4.79 Å². The van der Waals surface area contributed by atoms with Gasteiger partial charge in [-0.1, -0.05) is 0 Å². The fraction of sp³-hybridized carbons (Fsp3) is 0.154. The number of ether oxygens (including phenoxy) is 2. The summed E-state index contributed by atoms with van der Waals surface area (Å²) in [6.45, 7) is 1.02. The normalized spacial score (nSPS) is 12.8. The van der Waals surface area contributed by atoms with E-state index in [1.54, 1.807) is 18.2 Å². The zero-order valence-electron chi connectivity index (χ0n) is 10.5. The quantitative estimate of drug-likeness (QED) is 0.848. The van der Waals surface area contributed by atoms with Gasteiger partial charge >= 0.3 is 0 Å². The number of nitrogens with two attached hydrogens (primary N) is 1. The van der Waals surface area contributed by atoms with E-state index in [2.05, 4.69) is 15.5 Å². The summed E-state index contributed by atoms with van der Waals surface area (Å²) in [5.74, 6) is 1.18. The molecule has 1 aromatic heterocycles. The zero-order chi connectivity index (χ0) is 13.9. The monoisotopic (exact) mass is 272 g/mol. The second kappa shape index (κ2) is 5.04. The Morgan fingerprint density at radius 2 is 1.90 bits per heavy atom. The van der Waals surface area contributed by atoms with E-state index < -0.39 is 0 Å². The van der Waals surface area contributed by atoms with Crippen molar-refractivity contribution in [2.45, 2.75) is 0 Å². The summed E-state index contributed by atoms with van der Waals surface area (Å²) in [4.78, 5) is 12.0. The Morgan fingerprint density at radius 1 is 1.10 bits per heavy atom. The Balaban J connectivity index is 1.77. The lowest BCUT2D eigenvalue weighted by Crippen LogP contribution is -2.17. The van der Waals surface area contributed by atoms with Gasteiger partial charge in [-0.2, -0.15) is 0 Å². The average molecular weight is 272 g/mol. The molecule has 1 amide bonds. The number of rotatable bonds is 2. The Morgan fingerprint density at radius 3 is 2.65 bits per heavy atom. The van der Waals surface area contributed by atoms with E-state index in [0.29, 0.717) is 30.4 Å². The van der Waals surface area contributed by atoms with Gasteiger partial charge in [-0.15, -0.1) is 10.2 Å². The smallest absolute Gasteiger partial charge is 0.276 e. The predicted molar refractivity (Wildman–Crippen MR) is 71.8 cm³/mol. The largest absolute Gasteiger partial charge is 0.486 e.